The molecule has 0 saturated heterocycles. The third kappa shape index (κ3) is 44.6. The van der Waals surface area contributed by atoms with Gasteiger partial charge in [0, 0.05) is 12.8 Å². The number of phosphoric acid groups is 1. The monoisotopic (exact) mass is 795 g/mol. The van der Waals surface area contributed by atoms with Crippen molar-refractivity contribution in [2.75, 3.05) is 13.2 Å². The molecule has 0 radical (unpaired) electrons. The minimum Gasteiger partial charge on any atom is -0.462 e. The maximum absolute atomic E-state index is 12.4. The van der Waals surface area contributed by atoms with Crippen LogP contribution >= 0.6 is 7.82 Å². The molecule has 2 N–H and O–H groups in total. The van der Waals surface area contributed by atoms with E-state index in [1.165, 1.54) is 135 Å². The van der Waals surface area contributed by atoms with E-state index >= 15 is 0 Å². The Bertz CT molecular complexity index is 1030. The van der Waals surface area contributed by atoms with E-state index in [2.05, 4.69) is 60.9 Å². The fourth-order valence-electron chi connectivity index (χ4n) is 6.25. The summed E-state index contributed by atoms with van der Waals surface area (Å²) < 4.78 is 26.4. The van der Waals surface area contributed by atoms with E-state index in [-0.39, 0.29) is 19.4 Å². The summed E-state index contributed by atoms with van der Waals surface area (Å²) in [7, 11) is -4.77. The molecule has 9 heteroatoms. The van der Waals surface area contributed by atoms with Gasteiger partial charge in [0.2, 0.25) is 0 Å². The summed E-state index contributed by atoms with van der Waals surface area (Å²) in [6.45, 7) is 3.66. The molecule has 0 unspecified atom stereocenters. The van der Waals surface area contributed by atoms with Gasteiger partial charge in [-0.05, 0) is 51.4 Å². The lowest BCUT2D eigenvalue weighted by Crippen LogP contribution is -2.29. The Morgan fingerprint density at radius 1 is 0.473 bits per heavy atom. The first kappa shape index (κ1) is 53.0. The van der Waals surface area contributed by atoms with Crippen LogP contribution in [0.3, 0.4) is 0 Å². The maximum atomic E-state index is 12.4. The Hall–Kier alpha value is -1.99. The first-order chi connectivity index (χ1) is 26.8. The van der Waals surface area contributed by atoms with Gasteiger partial charge in [0.15, 0.2) is 6.10 Å². The van der Waals surface area contributed by atoms with Crippen molar-refractivity contribution < 1.29 is 37.9 Å². The molecule has 0 fully saturated rings. The first-order valence-electron chi connectivity index (χ1n) is 22.4. The highest BCUT2D eigenvalue weighted by Crippen LogP contribution is 2.36. The number of allylic oxidation sites excluding steroid dienone is 8. The van der Waals surface area contributed by atoms with Crippen LogP contribution in [-0.2, 0) is 28.2 Å². The zero-order valence-electron chi connectivity index (χ0n) is 35.3. The molecule has 0 aromatic heterocycles. The van der Waals surface area contributed by atoms with Crippen LogP contribution in [0.25, 0.3) is 0 Å². The van der Waals surface area contributed by atoms with E-state index in [9.17, 15) is 14.2 Å². The van der Waals surface area contributed by atoms with Gasteiger partial charge in [0.05, 0.1) is 6.61 Å². The Labute approximate surface area is 337 Å². The van der Waals surface area contributed by atoms with Gasteiger partial charge in [-0.1, -0.05) is 197 Å². The van der Waals surface area contributed by atoms with Crippen LogP contribution in [0, 0.1) is 0 Å². The van der Waals surface area contributed by atoms with Crippen molar-refractivity contribution in [1.29, 1.82) is 0 Å². The summed E-state index contributed by atoms with van der Waals surface area (Å²) in [4.78, 5) is 42.9. The van der Waals surface area contributed by atoms with Gasteiger partial charge >= 0.3 is 19.8 Å². The molecule has 1 atom stereocenters. The average Bonchev–Trinajstić information content (AvgIpc) is 3.16. The van der Waals surface area contributed by atoms with Crippen molar-refractivity contribution in [3.8, 4) is 0 Å². The fourth-order valence-corrected chi connectivity index (χ4v) is 6.61. The van der Waals surface area contributed by atoms with Crippen LogP contribution in [-0.4, -0.2) is 41.0 Å². The predicted molar refractivity (Wildman–Crippen MR) is 230 cm³/mol. The summed E-state index contributed by atoms with van der Waals surface area (Å²) in [5.41, 5.74) is 0. The zero-order valence-corrected chi connectivity index (χ0v) is 36.2. The van der Waals surface area contributed by atoms with Gasteiger partial charge in [-0.2, -0.15) is 0 Å². The Morgan fingerprint density at radius 3 is 1.27 bits per heavy atom. The number of ether oxygens (including phenoxy) is 2. The second-order valence-corrected chi connectivity index (χ2v) is 16.3. The van der Waals surface area contributed by atoms with Crippen molar-refractivity contribution in [2.24, 2.45) is 0 Å². The van der Waals surface area contributed by atoms with Gasteiger partial charge in [0.1, 0.15) is 6.61 Å². The molecule has 0 bridgehead atoms. The highest BCUT2D eigenvalue weighted by atomic mass is 31.2. The molecule has 0 aliphatic heterocycles. The van der Waals surface area contributed by atoms with Crippen molar-refractivity contribution >= 4 is 19.8 Å². The number of carbonyl (C=O) groups is 2. The lowest BCUT2D eigenvalue weighted by atomic mass is 10.0. The van der Waals surface area contributed by atoms with E-state index in [0.717, 1.165) is 38.5 Å². The first-order valence-corrected chi connectivity index (χ1v) is 24.0. The standard InChI is InChI=1S/C46H83O8P/c1-3-5-7-9-11-13-15-17-19-21-22-23-24-25-27-29-31-33-35-37-39-41-46(48)54-44(43-53-55(49,50)51)42-52-45(47)40-38-36-34-32-30-28-26-20-18-16-14-12-10-8-6-4-2/h19,21,23-24,27,29,33,35,44H,3-18,20,22,25-26,28,30-32,34,36-43H2,1-2H3,(H2,49,50,51)/b21-19+,24-23+,29-27+,35-33+/t44-/m1/s1. The van der Waals surface area contributed by atoms with Crippen LogP contribution in [0.2, 0.25) is 0 Å². The second-order valence-electron chi connectivity index (χ2n) is 15.0. The molecule has 0 heterocycles. The van der Waals surface area contributed by atoms with E-state index in [1.54, 1.807) is 0 Å². The van der Waals surface area contributed by atoms with Crippen LogP contribution < -0.4 is 0 Å². The molecule has 0 aliphatic rings. The number of unbranched alkanes of at least 4 members (excludes halogenated alkanes) is 23. The summed E-state index contributed by atoms with van der Waals surface area (Å²) in [5, 5.41) is 0. The normalized spacial score (nSPS) is 12.9. The van der Waals surface area contributed by atoms with Crippen molar-refractivity contribution in [3.63, 3.8) is 0 Å². The molecule has 8 nitrogen and oxygen atoms in total. The number of rotatable bonds is 41. The molecule has 0 aromatic carbocycles. The minimum absolute atomic E-state index is 0.137. The van der Waals surface area contributed by atoms with Crippen LogP contribution in [0.15, 0.2) is 48.6 Å². The summed E-state index contributed by atoms with van der Waals surface area (Å²) in [6.07, 6.45) is 51.3. The van der Waals surface area contributed by atoms with E-state index < -0.39 is 32.5 Å². The van der Waals surface area contributed by atoms with Crippen LogP contribution in [0.1, 0.15) is 213 Å². The van der Waals surface area contributed by atoms with Crippen molar-refractivity contribution in [1.82, 2.24) is 0 Å². The summed E-state index contributed by atoms with van der Waals surface area (Å²) >= 11 is 0. The van der Waals surface area contributed by atoms with Crippen LogP contribution in [0.4, 0.5) is 0 Å². The largest absolute Gasteiger partial charge is 0.469 e. The lowest BCUT2D eigenvalue weighted by molar-refractivity contribution is -0.161. The van der Waals surface area contributed by atoms with Crippen molar-refractivity contribution in [3.05, 3.63) is 48.6 Å². The molecule has 0 rings (SSSR count). The topological polar surface area (TPSA) is 119 Å². The highest BCUT2D eigenvalue weighted by molar-refractivity contribution is 7.46. The highest BCUT2D eigenvalue weighted by Gasteiger charge is 2.22. The molecule has 320 valence electrons. The second kappa shape index (κ2) is 41.6. The third-order valence-corrected chi connectivity index (χ3v) is 10.1. The smallest absolute Gasteiger partial charge is 0.462 e. The molecule has 0 saturated carbocycles. The van der Waals surface area contributed by atoms with Crippen LogP contribution in [0.5, 0.6) is 0 Å². The molecular formula is C46H83O8P. The van der Waals surface area contributed by atoms with Gasteiger partial charge in [-0.3, -0.25) is 14.1 Å². The number of phosphoric ester groups is 1. The lowest BCUT2D eigenvalue weighted by Gasteiger charge is -2.18. The molecule has 0 amide bonds. The zero-order chi connectivity index (χ0) is 40.3. The Balaban J connectivity index is 3.99. The Morgan fingerprint density at radius 2 is 0.836 bits per heavy atom. The van der Waals surface area contributed by atoms with Crippen molar-refractivity contribution in [2.45, 2.75) is 219 Å². The third-order valence-electron chi connectivity index (χ3n) is 9.60. The maximum Gasteiger partial charge on any atom is 0.469 e. The Kier molecular flexibility index (Phi) is 40.1. The minimum atomic E-state index is -4.77. The van der Waals surface area contributed by atoms with Gasteiger partial charge in [-0.15, -0.1) is 0 Å². The molecule has 0 spiro atoms. The van der Waals surface area contributed by atoms with E-state index in [0.29, 0.717) is 12.8 Å². The molecular weight excluding hydrogens is 711 g/mol. The summed E-state index contributed by atoms with van der Waals surface area (Å²) in [6, 6.07) is 0. The number of hydrogen-bond donors (Lipinski definition) is 2. The number of esters is 2. The molecule has 0 aliphatic carbocycles. The molecule has 55 heavy (non-hydrogen) atoms. The number of hydrogen-bond acceptors (Lipinski definition) is 6. The van der Waals surface area contributed by atoms with E-state index in [4.69, 9.17) is 19.3 Å². The predicted octanol–water partition coefficient (Wildman–Crippen LogP) is 13.9. The molecule has 0 aromatic rings. The van der Waals surface area contributed by atoms with Gasteiger partial charge < -0.3 is 19.3 Å². The SMILES string of the molecule is CCCCCCCCC/C=C/C/C=C/C/C=C/C/C=C/CCCC(=O)O[C@H](COC(=O)CCCCCCCCCCCCCCCCCC)COP(=O)(O)O. The van der Waals surface area contributed by atoms with E-state index in [1.807, 2.05) is 6.08 Å². The van der Waals surface area contributed by atoms with Gasteiger partial charge in [-0.25, -0.2) is 4.57 Å². The quantitative estimate of drug-likeness (QED) is 0.0272. The van der Waals surface area contributed by atoms with Gasteiger partial charge in [0.25, 0.3) is 0 Å². The summed E-state index contributed by atoms with van der Waals surface area (Å²) in [5.74, 6) is -0.944. The number of carbonyl (C=O) groups excluding carboxylic acids is 2. The fraction of sp³-hybridized carbons (Fsp3) is 0.783. The average molecular weight is 795 g/mol.